The standard InChI is InChI=1S/C17H16N4O2/c1-11-2-7-16(22)15(8-11)20-10-12(9-18)17(23)21-14-5-3-13(19)4-6-14/h2-8,10,20,22H,19H2,1H3,(H,21,23)/b12-10-. The number of carbonyl (C=O) groups excluding carboxylic acids is 1. The second-order valence-corrected chi connectivity index (χ2v) is 4.91. The number of phenolic OH excluding ortho intramolecular Hbond substituents is 1. The molecule has 0 unspecified atom stereocenters. The van der Waals surface area contributed by atoms with E-state index in [1.807, 2.05) is 13.0 Å². The first-order chi connectivity index (χ1) is 11.0. The quantitative estimate of drug-likeness (QED) is 0.300. The lowest BCUT2D eigenvalue weighted by Crippen LogP contribution is -2.14. The number of nitrogens with one attached hydrogen (secondary N) is 2. The van der Waals surface area contributed by atoms with Gasteiger partial charge in [0.15, 0.2) is 0 Å². The molecule has 0 bridgehead atoms. The van der Waals surface area contributed by atoms with Crippen molar-refractivity contribution >= 4 is 23.0 Å². The third-order valence-electron chi connectivity index (χ3n) is 3.06. The van der Waals surface area contributed by atoms with Crippen molar-refractivity contribution in [3.63, 3.8) is 0 Å². The van der Waals surface area contributed by atoms with Crippen molar-refractivity contribution in [3.8, 4) is 11.8 Å². The molecule has 1 amide bonds. The average molecular weight is 308 g/mol. The fourth-order valence-corrected chi connectivity index (χ4v) is 1.83. The van der Waals surface area contributed by atoms with Gasteiger partial charge in [0.1, 0.15) is 17.4 Å². The number of phenols is 1. The number of benzene rings is 2. The molecule has 0 saturated heterocycles. The third-order valence-corrected chi connectivity index (χ3v) is 3.06. The molecule has 2 rings (SSSR count). The molecular weight excluding hydrogens is 292 g/mol. The molecule has 0 radical (unpaired) electrons. The van der Waals surface area contributed by atoms with E-state index in [-0.39, 0.29) is 11.3 Å². The van der Waals surface area contributed by atoms with Crippen molar-refractivity contribution in [2.75, 3.05) is 16.4 Å². The SMILES string of the molecule is Cc1ccc(O)c(N/C=C(/C#N)C(=O)Nc2ccc(N)cc2)c1. The second-order valence-electron chi connectivity index (χ2n) is 4.91. The molecule has 2 aromatic carbocycles. The Morgan fingerprint density at radius 1 is 1.26 bits per heavy atom. The monoisotopic (exact) mass is 308 g/mol. The van der Waals surface area contributed by atoms with Gasteiger partial charge in [-0.2, -0.15) is 5.26 Å². The smallest absolute Gasteiger partial charge is 0.267 e. The molecule has 6 nitrogen and oxygen atoms in total. The highest BCUT2D eigenvalue weighted by molar-refractivity contribution is 6.06. The van der Waals surface area contributed by atoms with Crippen molar-refractivity contribution in [3.05, 3.63) is 59.8 Å². The van der Waals surface area contributed by atoms with E-state index in [9.17, 15) is 9.90 Å². The summed E-state index contributed by atoms with van der Waals surface area (Å²) in [5.74, 6) is -0.528. The zero-order valence-electron chi connectivity index (χ0n) is 12.5. The number of nitriles is 1. The maximum atomic E-state index is 12.1. The molecule has 0 fully saturated rings. The van der Waals surface area contributed by atoms with E-state index >= 15 is 0 Å². The molecule has 0 aliphatic carbocycles. The first-order valence-corrected chi connectivity index (χ1v) is 6.83. The zero-order chi connectivity index (χ0) is 16.8. The number of hydrogen-bond donors (Lipinski definition) is 4. The normalized spacial score (nSPS) is 10.7. The summed E-state index contributed by atoms with van der Waals surface area (Å²) in [6.07, 6.45) is 1.25. The topological polar surface area (TPSA) is 111 Å². The van der Waals surface area contributed by atoms with Crippen molar-refractivity contribution in [1.82, 2.24) is 0 Å². The number of carbonyl (C=O) groups is 1. The van der Waals surface area contributed by atoms with Gasteiger partial charge in [0.25, 0.3) is 5.91 Å². The van der Waals surface area contributed by atoms with E-state index in [1.165, 1.54) is 12.3 Å². The highest BCUT2D eigenvalue weighted by atomic mass is 16.3. The summed E-state index contributed by atoms with van der Waals surface area (Å²) in [5, 5.41) is 24.2. The van der Waals surface area contributed by atoms with Crippen LogP contribution >= 0.6 is 0 Å². The summed E-state index contributed by atoms with van der Waals surface area (Å²) in [4.78, 5) is 12.1. The molecule has 0 spiro atoms. The first kappa shape index (κ1) is 15.9. The molecule has 116 valence electrons. The number of nitrogens with two attached hydrogens (primary N) is 1. The van der Waals surface area contributed by atoms with Crippen LogP contribution in [0.5, 0.6) is 5.75 Å². The number of nitrogen functional groups attached to an aromatic ring is 1. The Bertz CT molecular complexity index is 789. The summed E-state index contributed by atoms with van der Waals surface area (Å²) in [6.45, 7) is 1.87. The van der Waals surface area contributed by atoms with E-state index in [2.05, 4.69) is 10.6 Å². The summed E-state index contributed by atoms with van der Waals surface area (Å²) in [6, 6.07) is 13.4. The minimum atomic E-state index is -0.558. The van der Waals surface area contributed by atoms with E-state index in [4.69, 9.17) is 11.0 Å². The molecule has 0 heterocycles. The van der Waals surface area contributed by atoms with Crippen LogP contribution in [0.3, 0.4) is 0 Å². The van der Waals surface area contributed by atoms with Crippen LogP contribution in [0.4, 0.5) is 17.1 Å². The average Bonchev–Trinajstić information content (AvgIpc) is 2.53. The molecule has 0 atom stereocenters. The molecule has 23 heavy (non-hydrogen) atoms. The number of nitrogens with zero attached hydrogens (tertiary/aromatic N) is 1. The van der Waals surface area contributed by atoms with Crippen molar-refractivity contribution in [2.24, 2.45) is 0 Å². The fourth-order valence-electron chi connectivity index (χ4n) is 1.83. The summed E-state index contributed by atoms with van der Waals surface area (Å²) in [7, 11) is 0. The van der Waals surface area contributed by atoms with Gasteiger partial charge in [0.2, 0.25) is 0 Å². The minimum absolute atomic E-state index is 0.0306. The predicted octanol–water partition coefficient (Wildman–Crippen LogP) is 2.74. The first-order valence-electron chi connectivity index (χ1n) is 6.83. The van der Waals surface area contributed by atoms with Gasteiger partial charge in [-0.15, -0.1) is 0 Å². The molecule has 5 N–H and O–H groups in total. The van der Waals surface area contributed by atoms with Gasteiger partial charge >= 0.3 is 0 Å². The molecule has 0 aliphatic heterocycles. The van der Waals surface area contributed by atoms with E-state index in [0.717, 1.165) is 5.56 Å². The zero-order valence-corrected chi connectivity index (χ0v) is 12.5. The number of hydrogen-bond acceptors (Lipinski definition) is 5. The molecule has 0 aromatic heterocycles. The number of amides is 1. The molecule has 0 saturated carbocycles. The van der Waals surface area contributed by atoms with Crippen LogP contribution in [0.15, 0.2) is 54.2 Å². The van der Waals surface area contributed by atoms with Gasteiger partial charge in [-0.3, -0.25) is 4.79 Å². The predicted molar refractivity (Wildman–Crippen MR) is 89.6 cm³/mol. The Morgan fingerprint density at radius 3 is 2.61 bits per heavy atom. The maximum absolute atomic E-state index is 12.1. The van der Waals surface area contributed by atoms with Crippen LogP contribution in [0, 0.1) is 18.3 Å². The molecule has 2 aromatic rings. The van der Waals surface area contributed by atoms with Crippen LogP contribution in [0.1, 0.15) is 5.56 Å². The second kappa shape index (κ2) is 7.00. The summed E-state index contributed by atoms with van der Waals surface area (Å²) in [5.41, 5.74) is 7.91. The van der Waals surface area contributed by atoms with Gasteiger partial charge in [-0.1, -0.05) is 6.07 Å². The molecule has 6 heteroatoms. The van der Waals surface area contributed by atoms with Crippen LogP contribution in [-0.4, -0.2) is 11.0 Å². The largest absolute Gasteiger partial charge is 0.506 e. The highest BCUT2D eigenvalue weighted by Crippen LogP contribution is 2.24. The van der Waals surface area contributed by atoms with Crippen LogP contribution < -0.4 is 16.4 Å². The number of rotatable bonds is 4. The van der Waals surface area contributed by atoms with Gasteiger partial charge < -0.3 is 21.5 Å². The van der Waals surface area contributed by atoms with Crippen LogP contribution in [-0.2, 0) is 4.79 Å². The number of aryl methyl sites for hydroxylation is 1. The van der Waals surface area contributed by atoms with Gasteiger partial charge in [-0.25, -0.2) is 0 Å². The highest BCUT2D eigenvalue weighted by Gasteiger charge is 2.09. The van der Waals surface area contributed by atoms with Crippen molar-refractivity contribution < 1.29 is 9.90 Å². The number of anilines is 3. The minimum Gasteiger partial charge on any atom is -0.506 e. The summed E-state index contributed by atoms with van der Waals surface area (Å²) >= 11 is 0. The third kappa shape index (κ3) is 4.25. The lowest BCUT2D eigenvalue weighted by molar-refractivity contribution is -0.112. The Balaban J connectivity index is 2.12. The number of aromatic hydroxyl groups is 1. The Morgan fingerprint density at radius 2 is 1.96 bits per heavy atom. The summed E-state index contributed by atoms with van der Waals surface area (Å²) < 4.78 is 0. The Labute approximate surface area is 133 Å². The maximum Gasteiger partial charge on any atom is 0.267 e. The molecular formula is C17H16N4O2. The fraction of sp³-hybridized carbons (Fsp3) is 0.0588. The van der Waals surface area contributed by atoms with E-state index in [0.29, 0.717) is 17.1 Å². The Kier molecular flexibility index (Phi) is 4.85. The van der Waals surface area contributed by atoms with Gasteiger partial charge in [-0.05, 0) is 48.9 Å². The van der Waals surface area contributed by atoms with Crippen molar-refractivity contribution in [2.45, 2.75) is 6.92 Å². The van der Waals surface area contributed by atoms with Crippen molar-refractivity contribution in [1.29, 1.82) is 5.26 Å². The van der Waals surface area contributed by atoms with Crippen LogP contribution in [0.25, 0.3) is 0 Å². The van der Waals surface area contributed by atoms with E-state index < -0.39 is 5.91 Å². The molecule has 0 aliphatic rings. The van der Waals surface area contributed by atoms with Gasteiger partial charge in [0.05, 0.1) is 5.69 Å². The Hall–Kier alpha value is -3.46. The lowest BCUT2D eigenvalue weighted by atomic mass is 10.2. The van der Waals surface area contributed by atoms with Gasteiger partial charge in [0, 0.05) is 17.6 Å². The lowest BCUT2D eigenvalue weighted by Gasteiger charge is -2.07. The van der Waals surface area contributed by atoms with E-state index in [1.54, 1.807) is 36.4 Å². The van der Waals surface area contributed by atoms with Crippen LogP contribution in [0.2, 0.25) is 0 Å².